The Morgan fingerprint density at radius 2 is 1.57 bits per heavy atom. The first-order chi connectivity index (χ1) is 9.74. The molecule has 0 bridgehead atoms. The van der Waals surface area contributed by atoms with Crippen LogP contribution >= 0.6 is 0 Å². The molecule has 0 atom stereocenters. The molecule has 7 heteroatoms. The Bertz CT molecular complexity index is 624. The fraction of sp³-hybridized carbons (Fsp3) is 0.143. The van der Waals surface area contributed by atoms with Crippen molar-refractivity contribution in [2.75, 3.05) is 7.11 Å². The summed E-state index contributed by atoms with van der Waals surface area (Å²) in [6.45, 7) is 0. The summed E-state index contributed by atoms with van der Waals surface area (Å²) in [4.78, 5) is 19.3. The van der Waals surface area contributed by atoms with Gasteiger partial charge in [-0.25, -0.2) is 0 Å². The molecule has 0 amide bonds. The first-order valence-electron chi connectivity index (χ1n) is 6.02. The van der Waals surface area contributed by atoms with Crippen LogP contribution in [0, 0.1) is 0 Å². The van der Waals surface area contributed by atoms with Crippen LogP contribution in [0.1, 0.15) is 5.56 Å². The highest BCUT2D eigenvalue weighted by Gasteiger charge is 2.34. The zero-order valence-corrected chi connectivity index (χ0v) is 12.1. The van der Waals surface area contributed by atoms with Crippen molar-refractivity contribution in [1.29, 1.82) is 0 Å². The summed E-state index contributed by atoms with van der Waals surface area (Å²) in [5.74, 6) is 0. The maximum Gasteiger partial charge on any atom is 0.531 e. The van der Waals surface area contributed by atoms with Crippen LogP contribution in [0.5, 0.6) is 0 Å². The number of alkyl halides is 3. The highest BCUT2D eigenvalue weighted by molar-refractivity contribution is 6.72. The molecule has 2 aromatic carbocycles. The molecule has 3 nitrogen and oxygen atoms in total. The molecule has 0 heterocycles. The average Bonchev–Trinajstić information content (AvgIpc) is 2.47. The van der Waals surface area contributed by atoms with Crippen molar-refractivity contribution in [3.63, 3.8) is 0 Å². The van der Waals surface area contributed by atoms with Gasteiger partial charge in [-0.1, -0.05) is 36.4 Å². The van der Waals surface area contributed by atoms with E-state index < -0.39 is 20.5 Å². The fourth-order valence-electron chi connectivity index (χ4n) is 1.87. The van der Waals surface area contributed by atoms with Crippen molar-refractivity contribution in [3.05, 3.63) is 54.1 Å². The van der Waals surface area contributed by atoms with E-state index in [9.17, 15) is 22.8 Å². The van der Waals surface area contributed by atoms with E-state index in [2.05, 4.69) is 4.43 Å². The number of benzene rings is 2. The number of hydrogen-bond donors (Lipinski definition) is 2. The monoisotopic (exact) mass is 314 g/mol. The summed E-state index contributed by atoms with van der Waals surface area (Å²) >= 11 is 0. The van der Waals surface area contributed by atoms with Crippen molar-refractivity contribution < 1.29 is 27.2 Å². The van der Waals surface area contributed by atoms with Crippen LogP contribution in [-0.2, 0) is 10.6 Å². The van der Waals surface area contributed by atoms with Gasteiger partial charge in [-0.2, -0.15) is 13.2 Å². The Labute approximate surface area is 120 Å². The summed E-state index contributed by atoms with van der Waals surface area (Å²) in [5, 5.41) is 0.223. The van der Waals surface area contributed by atoms with Crippen LogP contribution in [-0.4, -0.2) is 25.5 Å². The Balaban J connectivity index is 2.36. The number of halogens is 3. The minimum absolute atomic E-state index is 0.223. The highest BCUT2D eigenvalue weighted by Crippen LogP contribution is 2.31. The van der Waals surface area contributed by atoms with Gasteiger partial charge in [0.1, 0.15) is 0 Å². The fourth-order valence-corrected chi connectivity index (χ4v) is 2.71. The van der Waals surface area contributed by atoms with Gasteiger partial charge in [0.25, 0.3) is 0 Å². The number of rotatable bonds is 3. The molecule has 0 spiro atoms. The van der Waals surface area contributed by atoms with Crippen LogP contribution in [0.3, 0.4) is 0 Å². The third-order valence-corrected chi connectivity index (χ3v) is 4.72. The molecular weight excluding hydrogens is 301 g/mol. The highest BCUT2D eigenvalue weighted by atomic mass is 28.4. The SMILES string of the molecule is CO[Si](O)(O)c1ccc(-c2cccc(C(F)(F)F)c2)cc1. The summed E-state index contributed by atoms with van der Waals surface area (Å²) in [6.07, 6.45) is -4.40. The molecule has 0 aliphatic heterocycles. The van der Waals surface area contributed by atoms with E-state index >= 15 is 0 Å². The van der Waals surface area contributed by atoms with E-state index in [1.807, 2.05) is 0 Å². The molecule has 0 unspecified atom stereocenters. The minimum atomic E-state index is -4.40. The lowest BCUT2D eigenvalue weighted by Gasteiger charge is -2.15. The van der Waals surface area contributed by atoms with Gasteiger partial charge in [0.15, 0.2) is 0 Å². The molecule has 0 aliphatic rings. The first kappa shape index (κ1) is 15.7. The lowest BCUT2D eigenvalue weighted by molar-refractivity contribution is -0.137. The summed E-state index contributed by atoms with van der Waals surface area (Å²) in [5.41, 5.74) is 0.219. The predicted molar refractivity (Wildman–Crippen MR) is 73.7 cm³/mol. The van der Waals surface area contributed by atoms with E-state index in [1.165, 1.54) is 37.4 Å². The van der Waals surface area contributed by atoms with Crippen molar-refractivity contribution in [3.8, 4) is 11.1 Å². The zero-order chi connectivity index (χ0) is 15.7. The standard InChI is InChI=1S/C14H13F3O3Si/c1-20-21(18,19)13-7-5-10(6-8-13)11-3-2-4-12(9-11)14(15,16)17/h2-9,18-19H,1H3. The maximum atomic E-state index is 12.7. The molecule has 2 rings (SSSR count). The van der Waals surface area contributed by atoms with Gasteiger partial charge in [0.05, 0.1) is 5.56 Å². The van der Waals surface area contributed by atoms with Crippen molar-refractivity contribution in [2.45, 2.75) is 6.18 Å². The van der Waals surface area contributed by atoms with Gasteiger partial charge in [0.2, 0.25) is 0 Å². The zero-order valence-electron chi connectivity index (χ0n) is 11.1. The molecule has 21 heavy (non-hydrogen) atoms. The van der Waals surface area contributed by atoms with E-state index in [4.69, 9.17) is 0 Å². The molecule has 2 aromatic rings. The molecule has 2 N–H and O–H groups in total. The second-order valence-corrected chi connectivity index (χ2v) is 6.67. The summed E-state index contributed by atoms with van der Waals surface area (Å²) in [7, 11) is -2.71. The quantitative estimate of drug-likeness (QED) is 0.854. The summed E-state index contributed by atoms with van der Waals surface area (Å²) < 4.78 is 42.7. The van der Waals surface area contributed by atoms with E-state index in [1.54, 1.807) is 6.07 Å². The molecule has 0 fully saturated rings. The van der Waals surface area contributed by atoms with Crippen molar-refractivity contribution in [1.82, 2.24) is 0 Å². The number of hydrogen-bond acceptors (Lipinski definition) is 3. The second kappa shape index (κ2) is 5.61. The van der Waals surface area contributed by atoms with Gasteiger partial charge in [-0.05, 0) is 23.3 Å². The predicted octanol–water partition coefficient (Wildman–Crippen LogP) is 2.15. The van der Waals surface area contributed by atoms with Gasteiger partial charge in [0, 0.05) is 12.3 Å². The van der Waals surface area contributed by atoms with Gasteiger partial charge in [-0.3, -0.25) is 0 Å². The van der Waals surface area contributed by atoms with Gasteiger partial charge in [-0.15, -0.1) is 0 Å². The third-order valence-electron chi connectivity index (χ3n) is 3.07. The van der Waals surface area contributed by atoms with E-state index in [0.29, 0.717) is 11.1 Å². The van der Waals surface area contributed by atoms with Crippen LogP contribution in [0.15, 0.2) is 48.5 Å². The van der Waals surface area contributed by atoms with Gasteiger partial charge < -0.3 is 14.0 Å². The molecular formula is C14H13F3O3Si. The van der Waals surface area contributed by atoms with E-state index in [-0.39, 0.29) is 5.19 Å². The van der Waals surface area contributed by atoms with Crippen LogP contribution in [0.25, 0.3) is 11.1 Å². The molecule has 112 valence electrons. The normalized spacial score (nSPS) is 12.5. The van der Waals surface area contributed by atoms with E-state index in [0.717, 1.165) is 12.1 Å². The second-order valence-electron chi connectivity index (χ2n) is 4.47. The molecule has 0 aliphatic carbocycles. The van der Waals surface area contributed by atoms with Crippen LogP contribution in [0.2, 0.25) is 0 Å². The average molecular weight is 314 g/mol. The molecule has 0 radical (unpaired) electrons. The van der Waals surface area contributed by atoms with Gasteiger partial charge >= 0.3 is 15.0 Å². The lowest BCUT2D eigenvalue weighted by Crippen LogP contribution is -2.50. The molecule has 0 saturated carbocycles. The Morgan fingerprint density at radius 1 is 0.952 bits per heavy atom. The lowest BCUT2D eigenvalue weighted by atomic mass is 10.0. The molecule has 0 aromatic heterocycles. The minimum Gasteiger partial charge on any atom is -0.386 e. The topological polar surface area (TPSA) is 49.7 Å². The van der Waals surface area contributed by atoms with Crippen LogP contribution < -0.4 is 5.19 Å². The Kier molecular flexibility index (Phi) is 4.19. The van der Waals surface area contributed by atoms with Crippen molar-refractivity contribution in [2.24, 2.45) is 0 Å². The Morgan fingerprint density at radius 3 is 2.10 bits per heavy atom. The molecule has 0 saturated heterocycles. The van der Waals surface area contributed by atoms with Crippen molar-refractivity contribution >= 4 is 14.0 Å². The maximum absolute atomic E-state index is 12.7. The smallest absolute Gasteiger partial charge is 0.386 e. The largest absolute Gasteiger partial charge is 0.531 e. The first-order valence-corrected chi connectivity index (χ1v) is 7.82. The summed E-state index contributed by atoms with van der Waals surface area (Å²) in [6, 6.07) is 10.9. The Hall–Kier alpha value is -1.67. The van der Waals surface area contributed by atoms with Crippen LogP contribution in [0.4, 0.5) is 13.2 Å². The third kappa shape index (κ3) is 3.51.